The molecule has 9 nitrogen and oxygen atoms in total. The van der Waals surface area contributed by atoms with Crippen LogP contribution in [0.2, 0.25) is 0 Å². The van der Waals surface area contributed by atoms with Crippen LogP contribution in [-0.4, -0.2) is 15.0 Å². The van der Waals surface area contributed by atoms with E-state index in [2.05, 4.69) is 15.0 Å². The zero-order valence-corrected chi connectivity index (χ0v) is 20.3. The smallest absolute Gasteiger partial charge is 0.163 e. The van der Waals surface area contributed by atoms with Crippen molar-refractivity contribution in [3.8, 4) is 59.2 Å². The van der Waals surface area contributed by atoms with Crippen LogP contribution in [0.5, 0.6) is 0 Å². The molecule has 0 N–H and O–H groups in total. The summed E-state index contributed by atoms with van der Waals surface area (Å²) in [6.07, 6.45) is 0.959. The molecule has 0 spiro atoms. The zero-order valence-electron chi connectivity index (χ0n) is 20.3. The van der Waals surface area contributed by atoms with Crippen LogP contribution >= 0.6 is 0 Å². The second-order valence-electron chi connectivity index (χ2n) is 8.69. The van der Waals surface area contributed by atoms with Crippen LogP contribution < -0.4 is 0 Å². The van der Waals surface area contributed by atoms with Gasteiger partial charge in [-0.15, -0.1) is 0 Å². The van der Waals surface area contributed by atoms with Gasteiger partial charge in [0.15, 0.2) is 29.1 Å². The Bertz CT molecular complexity index is 1780. The van der Waals surface area contributed by atoms with Crippen LogP contribution in [0.4, 0.5) is 13.2 Å². The lowest BCUT2D eigenvalue weighted by atomic mass is 9.77. The van der Waals surface area contributed by atoms with Crippen molar-refractivity contribution in [3.63, 3.8) is 0 Å². The average molecular weight is 529 g/mol. The summed E-state index contributed by atoms with van der Waals surface area (Å²) in [6.45, 7) is 1.52. The van der Waals surface area contributed by atoms with Crippen molar-refractivity contribution in [2.24, 2.45) is 0 Å². The fourth-order valence-electron chi connectivity index (χ4n) is 4.08. The molecule has 0 saturated heterocycles. The molecule has 1 aromatic heterocycles. The zero-order chi connectivity index (χ0) is 29.2. The van der Waals surface area contributed by atoms with E-state index in [9.17, 15) is 44.7 Å². The van der Waals surface area contributed by atoms with E-state index in [-0.39, 0.29) is 40.6 Å². The lowest BCUT2D eigenvalue weighted by molar-refractivity contribution is 0.514. The average Bonchev–Trinajstić information content (AvgIpc) is 2.98. The third-order valence-corrected chi connectivity index (χ3v) is 6.05. The predicted octanol–water partition coefficient (Wildman–Crippen LogP) is 4.83. The minimum atomic E-state index is -1.37. The van der Waals surface area contributed by atoms with Gasteiger partial charge in [0.1, 0.15) is 36.2 Å². The highest BCUT2D eigenvalue weighted by atomic mass is 19.1. The molecule has 1 heterocycles. The molecule has 12 heteroatoms. The van der Waals surface area contributed by atoms with E-state index in [0.29, 0.717) is 0 Å². The van der Waals surface area contributed by atoms with E-state index in [1.807, 2.05) is 0 Å². The molecule has 0 fully saturated rings. The van der Waals surface area contributed by atoms with Gasteiger partial charge in [0.2, 0.25) is 0 Å². The van der Waals surface area contributed by atoms with E-state index in [1.54, 1.807) is 36.4 Å². The summed E-state index contributed by atoms with van der Waals surface area (Å²) in [7, 11) is 0. The highest BCUT2D eigenvalue weighted by Crippen LogP contribution is 2.40. The molecule has 0 bridgehead atoms. The lowest BCUT2D eigenvalue weighted by Gasteiger charge is -2.28. The molecule has 40 heavy (non-hydrogen) atoms. The largest absolute Gasteiger partial charge is 0.212 e. The summed E-state index contributed by atoms with van der Waals surface area (Å²) in [5.41, 5.74) is -4.06. The van der Waals surface area contributed by atoms with Gasteiger partial charge in [0.25, 0.3) is 0 Å². The third-order valence-electron chi connectivity index (χ3n) is 6.05. The number of allylic oxidation sites excluding steroid dienone is 4. The first-order chi connectivity index (χ1) is 19.1. The summed E-state index contributed by atoms with van der Waals surface area (Å²) < 4.78 is 43.5. The van der Waals surface area contributed by atoms with Gasteiger partial charge in [0, 0.05) is 17.5 Å². The fraction of sp³-hybridized carbons (Fsp3) is 0.107. The number of halogens is 3. The molecule has 1 atom stereocenters. The number of hydrogen-bond donors (Lipinski definition) is 0. The molecule has 3 aromatic rings. The molecular formula is C28H10F3N9. The van der Waals surface area contributed by atoms with Gasteiger partial charge < -0.3 is 0 Å². The quantitative estimate of drug-likeness (QED) is 0.459. The number of nitrogens with zero attached hydrogens (tertiary/aromatic N) is 9. The van der Waals surface area contributed by atoms with E-state index in [1.165, 1.54) is 13.0 Å². The highest BCUT2D eigenvalue weighted by molar-refractivity contribution is 5.67. The number of aromatic nitrogens is 3. The molecule has 0 radical (unpaired) electrons. The number of benzene rings is 2. The first-order valence-electron chi connectivity index (χ1n) is 11.1. The van der Waals surface area contributed by atoms with Gasteiger partial charge in [-0.2, -0.15) is 31.6 Å². The topological polar surface area (TPSA) is 181 Å². The minimum Gasteiger partial charge on any atom is -0.212 e. The second-order valence-corrected chi connectivity index (χ2v) is 8.69. The summed E-state index contributed by atoms with van der Waals surface area (Å²) in [5, 5.41) is 56.4. The van der Waals surface area contributed by atoms with Crippen molar-refractivity contribution >= 4 is 0 Å². The molecule has 0 aliphatic heterocycles. The van der Waals surface area contributed by atoms with Gasteiger partial charge in [-0.1, -0.05) is 0 Å². The van der Waals surface area contributed by atoms with Crippen molar-refractivity contribution in [3.05, 3.63) is 87.0 Å². The number of hydrogen-bond acceptors (Lipinski definition) is 9. The van der Waals surface area contributed by atoms with Crippen LogP contribution in [-0.2, 0) is 5.41 Å². The molecule has 0 amide bonds. The maximum atomic E-state index is 14.6. The molecule has 4 rings (SSSR count). The van der Waals surface area contributed by atoms with Crippen LogP contribution in [0.3, 0.4) is 0 Å². The normalized spacial score (nSPS) is 15.9. The van der Waals surface area contributed by atoms with E-state index >= 15 is 0 Å². The van der Waals surface area contributed by atoms with Gasteiger partial charge in [-0.3, -0.25) is 0 Å². The Morgan fingerprint density at radius 2 is 1.07 bits per heavy atom. The molecule has 1 aliphatic carbocycles. The third kappa shape index (κ3) is 4.46. The monoisotopic (exact) mass is 529 g/mol. The first-order valence-corrected chi connectivity index (χ1v) is 11.1. The predicted molar refractivity (Wildman–Crippen MR) is 129 cm³/mol. The van der Waals surface area contributed by atoms with Crippen molar-refractivity contribution in [1.29, 1.82) is 31.6 Å². The van der Waals surface area contributed by atoms with Crippen molar-refractivity contribution < 1.29 is 13.2 Å². The maximum absolute atomic E-state index is 14.6. The molecular weight excluding hydrogens is 519 g/mol. The fourth-order valence-corrected chi connectivity index (χ4v) is 4.08. The van der Waals surface area contributed by atoms with Crippen molar-refractivity contribution in [1.82, 2.24) is 15.0 Å². The Hall–Kier alpha value is -6.34. The summed E-state index contributed by atoms with van der Waals surface area (Å²) in [5.74, 6) is -3.61. The van der Waals surface area contributed by atoms with Crippen LogP contribution in [0, 0.1) is 79.6 Å². The molecule has 0 unspecified atom stereocenters. The molecule has 2 aromatic carbocycles. The first kappa shape index (κ1) is 26.7. The molecule has 1 aliphatic rings. The standard InChI is InChI=1S/C28H10F3N9/c1-28(6-20(12-36)24(31)21(7-28)13-37)27-39-25(14-2-16(8-32)22(29)17(3-14)9-33)38-26(40-27)15-4-18(10-34)23(30)19(5-15)11-35/h2-6H,7H2,1H3/t28-/m1/s1. The van der Waals surface area contributed by atoms with Gasteiger partial charge >= 0.3 is 0 Å². The summed E-state index contributed by atoms with van der Waals surface area (Å²) in [4.78, 5) is 13.1. The van der Waals surface area contributed by atoms with Crippen molar-refractivity contribution in [2.45, 2.75) is 18.8 Å². The molecule has 0 saturated carbocycles. The van der Waals surface area contributed by atoms with Crippen molar-refractivity contribution in [2.75, 3.05) is 0 Å². The SMILES string of the molecule is C[C@@]1(c2nc(-c3cc(C#N)c(F)c(C#N)c3)nc(-c3cc(C#N)c(F)c(C#N)c3)n2)C=C(C#N)C(F)=C(C#N)C1. The highest BCUT2D eigenvalue weighted by Gasteiger charge is 2.37. The Kier molecular flexibility index (Phi) is 6.81. The van der Waals surface area contributed by atoms with Gasteiger partial charge in [0.05, 0.1) is 44.9 Å². The Balaban J connectivity index is 2.08. The molecule has 188 valence electrons. The Labute approximate surface area is 224 Å². The van der Waals surface area contributed by atoms with Crippen LogP contribution in [0.25, 0.3) is 22.8 Å². The lowest BCUT2D eigenvalue weighted by Crippen LogP contribution is -2.27. The Morgan fingerprint density at radius 3 is 1.43 bits per heavy atom. The van der Waals surface area contributed by atoms with Gasteiger partial charge in [-0.05, 0) is 37.3 Å². The maximum Gasteiger partial charge on any atom is 0.163 e. The Morgan fingerprint density at radius 1 is 0.650 bits per heavy atom. The van der Waals surface area contributed by atoms with E-state index in [0.717, 1.165) is 24.3 Å². The minimum absolute atomic E-state index is 0.00801. The summed E-state index contributed by atoms with van der Waals surface area (Å²) >= 11 is 0. The van der Waals surface area contributed by atoms with E-state index < -0.39 is 50.7 Å². The summed E-state index contributed by atoms with van der Waals surface area (Å²) in [6, 6.07) is 14.3. The second kappa shape index (κ2) is 10.2. The van der Waals surface area contributed by atoms with Gasteiger partial charge in [-0.25, -0.2) is 28.1 Å². The number of rotatable bonds is 3. The van der Waals surface area contributed by atoms with Crippen LogP contribution in [0.1, 0.15) is 41.4 Å². The van der Waals surface area contributed by atoms with Crippen LogP contribution in [0.15, 0.2) is 47.3 Å². The van der Waals surface area contributed by atoms with E-state index in [4.69, 9.17) is 0 Å². The number of nitriles is 6.